The van der Waals surface area contributed by atoms with Gasteiger partial charge in [0.1, 0.15) is 0 Å². The summed E-state index contributed by atoms with van der Waals surface area (Å²) in [6.45, 7) is 6.23. The Morgan fingerprint density at radius 3 is 2.50 bits per heavy atom. The number of hydrogen-bond donors (Lipinski definition) is 1. The van der Waals surface area contributed by atoms with Crippen molar-refractivity contribution in [3.8, 4) is 0 Å². The summed E-state index contributed by atoms with van der Waals surface area (Å²) < 4.78 is 5.31. The highest BCUT2D eigenvalue weighted by Gasteiger charge is 2.25. The summed E-state index contributed by atoms with van der Waals surface area (Å²) in [6, 6.07) is -0.100. The molecule has 1 aromatic heterocycles. The minimum absolute atomic E-state index is 0.0771. The number of hydrogen-bond acceptors (Lipinski definition) is 4. The fourth-order valence-corrected chi connectivity index (χ4v) is 2.57. The van der Waals surface area contributed by atoms with Crippen LogP contribution in [0.1, 0.15) is 77.1 Å². The molecule has 4 nitrogen and oxygen atoms in total. The molecule has 4 heteroatoms. The fraction of sp³-hybridized carbons (Fsp3) is 0.857. The van der Waals surface area contributed by atoms with Crippen molar-refractivity contribution >= 4 is 0 Å². The summed E-state index contributed by atoms with van der Waals surface area (Å²) in [5.41, 5.74) is 6.11. The first-order chi connectivity index (χ1) is 8.47. The molecule has 1 saturated carbocycles. The summed E-state index contributed by atoms with van der Waals surface area (Å²) in [7, 11) is 0. The zero-order valence-corrected chi connectivity index (χ0v) is 11.8. The van der Waals surface area contributed by atoms with Crippen LogP contribution >= 0.6 is 0 Å². The average Bonchev–Trinajstić information content (AvgIpc) is 2.79. The second-order valence-electron chi connectivity index (χ2n) is 6.55. The van der Waals surface area contributed by atoms with Gasteiger partial charge in [0.25, 0.3) is 0 Å². The third kappa shape index (κ3) is 3.31. The monoisotopic (exact) mass is 251 g/mol. The van der Waals surface area contributed by atoms with Gasteiger partial charge >= 0.3 is 0 Å². The molecule has 1 atom stereocenters. The number of nitrogens with two attached hydrogens (primary N) is 1. The molecule has 0 spiro atoms. The first-order valence-electron chi connectivity index (χ1n) is 7.06. The van der Waals surface area contributed by atoms with Crippen LogP contribution in [0.25, 0.3) is 0 Å². The van der Waals surface area contributed by atoms with Crippen molar-refractivity contribution < 1.29 is 4.52 Å². The van der Waals surface area contributed by atoms with E-state index in [9.17, 15) is 0 Å². The molecule has 0 amide bonds. The van der Waals surface area contributed by atoms with Gasteiger partial charge in [0.15, 0.2) is 5.82 Å². The molecule has 2 N–H and O–H groups in total. The Morgan fingerprint density at radius 1 is 1.28 bits per heavy atom. The first-order valence-corrected chi connectivity index (χ1v) is 7.06. The van der Waals surface area contributed by atoms with Gasteiger partial charge in [-0.25, -0.2) is 0 Å². The maximum atomic E-state index is 6.19. The fourth-order valence-electron chi connectivity index (χ4n) is 2.57. The maximum absolute atomic E-state index is 6.19. The molecule has 18 heavy (non-hydrogen) atoms. The number of rotatable bonds is 3. The summed E-state index contributed by atoms with van der Waals surface area (Å²) in [5, 5.41) is 4.04. The summed E-state index contributed by atoms with van der Waals surface area (Å²) in [4.78, 5) is 4.44. The van der Waals surface area contributed by atoms with Crippen molar-refractivity contribution in [1.29, 1.82) is 0 Å². The average molecular weight is 251 g/mol. The second kappa shape index (κ2) is 5.39. The van der Waals surface area contributed by atoms with Gasteiger partial charge in [0.05, 0.1) is 6.04 Å². The molecule has 0 radical (unpaired) electrons. The maximum Gasteiger partial charge on any atom is 0.243 e. The van der Waals surface area contributed by atoms with Gasteiger partial charge in [-0.2, -0.15) is 4.98 Å². The highest BCUT2D eigenvalue weighted by atomic mass is 16.5. The molecule has 1 fully saturated rings. The molecule has 1 aliphatic rings. The molecule has 0 saturated heterocycles. The van der Waals surface area contributed by atoms with Crippen LogP contribution in [0, 0.1) is 5.92 Å². The minimum atomic E-state index is -0.100. The Hall–Kier alpha value is -0.900. The van der Waals surface area contributed by atoms with Crippen LogP contribution in [-0.4, -0.2) is 10.1 Å². The highest BCUT2D eigenvalue weighted by molar-refractivity contribution is 5.02. The Morgan fingerprint density at radius 2 is 1.94 bits per heavy atom. The smallest absolute Gasteiger partial charge is 0.243 e. The molecule has 0 aromatic carbocycles. The minimum Gasteiger partial charge on any atom is -0.338 e. The Kier molecular flexibility index (Phi) is 4.05. The molecule has 1 heterocycles. The molecular formula is C14H25N3O. The van der Waals surface area contributed by atoms with Gasteiger partial charge in [0, 0.05) is 5.41 Å². The van der Waals surface area contributed by atoms with Gasteiger partial charge in [0.2, 0.25) is 5.89 Å². The Balaban J connectivity index is 1.96. The Bertz CT molecular complexity index is 375. The molecular weight excluding hydrogens is 226 g/mol. The summed E-state index contributed by atoms with van der Waals surface area (Å²) in [5.74, 6) is 2.08. The largest absolute Gasteiger partial charge is 0.338 e. The number of aromatic nitrogens is 2. The van der Waals surface area contributed by atoms with Crippen LogP contribution in [-0.2, 0) is 5.41 Å². The van der Waals surface area contributed by atoms with E-state index >= 15 is 0 Å². The van der Waals surface area contributed by atoms with E-state index in [0.717, 1.165) is 18.2 Å². The normalized spacial score (nSPS) is 20.0. The van der Waals surface area contributed by atoms with Crippen molar-refractivity contribution in [2.45, 2.75) is 70.8 Å². The summed E-state index contributed by atoms with van der Waals surface area (Å²) >= 11 is 0. The van der Waals surface area contributed by atoms with Crippen LogP contribution < -0.4 is 5.73 Å². The van der Waals surface area contributed by atoms with Gasteiger partial charge in [-0.15, -0.1) is 0 Å². The van der Waals surface area contributed by atoms with Crippen LogP contribution in [0.5, 0.6) is 0 Å². The van der Waals surface area contributed by atoms with Crippen LogP contribution in [0.4, 0.5) is 0 Å². The van der Waals surface area contributed by atoms with Crippen molar-refractivity contribution in [1.82, 2.24) is 10.1 Å². The lowest BCUT2D eigenvalue weighted by molar-refractivity contribution is 0.282. The van der Waals surface area contributed by atoms with Gasteiger partial charge < -0.3 is 10.3 Å². The van der Waals surface area contributed by atoms with E-state index in [0.29, 0.717) is 5.89 Å². The Labute approximate surface area is 109 Å². The van der Waals surface area contributed by atoms with Crippen molar-refractivity contribution in [2.75, 3.05) is 0 Å². The molecule has 0 unspecified atom stereocenters. The lowest BCUT2D eigenvalue weighted by atomic mass is 9.85. The SMILES string of the molecule is CC(C)(C)c1noc([C@@H](N)CC2CCCCC2)n1. The van der Waals surface area contributed by atoms with E-state index in [2.05, 4.69) is 30.9 Å². The predicted octanol–water partition coefficient (Wildman–Crippen LogP) is 3.34. The molecule has 2 rings (SSSR count). The lowest BCUT2D eigenvalue weighted by Crippen LogP contribution is -2.18. The quantitative estimate of drug-likeness (QED) is 0.894. The van der Waals surface area contributed by atoms with E-state index in [1.807, 2.05) is 0 Å². The van der Waals surface area contributed by atoms with E-state index < -0.39 is 0 Å². The van der Waals surface area contributed by atoms with Crippen molar-refractivity contribution in [2.24, 2.45) is 11.7 Å². The van der Waals surface area contributed by atoms with E-state index in [4.69, 9.17) is 10.3 Å². The van der Waals surface area contributed by atoms with Crippen LogP contribution in [0.2, 0.25) is 0 Å². The molecule has 1 aromatic rings. The van der Waals surface area contributed by atoms with E-state index in [1.165, 1.54) is 32.1 Å². The van der Waals surface area contributed by atoms with Gasteiger partial charge in [-0.3, -0.25) is 0 Å². The standard InChI is InChI=1S/C14H25N3O/c1-14(2,3)13-16-12(18-17-13)11(15)9-10-7-5-4-6-8-10/h10-11H,4-9,15H2,1-3H3/t11-/m0/s1. The third-order valence-electron chi connectivity index (χ3n) is 3.74. The topological polar surface area (TPSA) is 64.9 Å². The van der Waals surface area contributed by atoms with Crippen molar-refractivity contribution in [3.05, 3.63) is 11.7 Å². The zero-order chi connectivity index (χ0) is 13.2. The molecule has 1 aliphatic carbocycles. The zero-order valence-electron chi connectivity index (χ0n) is 11.8. The second-order valence-corrected chi connectivity index (χ2v) is 6.55. The van der Waals surface area contributed by atoms with Crippen molar-refractivity contribution in [3.63, 3.8) is 0 Å². The summed E-state index contributed by atoms with van der Waals surface area (Å²) in [6.07, 6.45) is 7.64. The highest BCUT2D eigenvalue weighted by Crippen LogP contribution is 2.31. The van der Waals surface area contributed by atoms with Crippen LogP contribution in [0.15, 0.2) is 4.52 Å². The molecule has 102 valence electrons. The van der Waals surface area contributed by atoms with Gasteiger partial charge in [-0.1, -0.05) is 58.0 Å². The predicted molar refractivity (Wildman–Crippen MR) is 71.1 cm³/mol. The molecule has 0 aliphatic heterocycles. The third-order valence-corrected chi connectivity index (χ3v) is 3.74. The lowest BCUT2D eigenvalue weighted by Gasteiger charge is -2.23. The molecule has 0 bridgehead atoms. The number of nitrogens with zero attached hydrogens (tertiary/aromatic N) is 2. The first kappa shape index (κ1) is 13.5. The van der Waals surface area contributed by atoms with Crippen LogP contribution in [0.3, 0.4) is 0 Å². The van der Waals surface area contributed by atoms with E-state index in [-0.39, 0.29) is 11.5 Å². The van der Waals surface area contributed by atoms with E-state index in [1.54, 1.807) is 0 Å². The van der Waals surface area contributed by atoms with Gasteiger partial charge in [-0.05, 0) is 12.3 Å².